The first-order chi connectivity index (χ1) is 9.61. The monoisotopic (exact) mass is 266 g/mol. The van der Waals surface area contributed by atoms with Gasteiger partial charge >= 0.3 is 0 Å². The van der Waals surface area contributed by atoms with Gasteiger partial charge in [0.05, 0.1) is 0 Å². The third-order valence-electron chi connectivity index (χ3n) is 2.52. The summed E-state index contributed by atoms with van der Waals surface area (Å²) >= 11 is 0. The fourth-order valence-electron chi connectivity index (χ4n) is 1.55. The average Bonchev–Trinajstić information content (AvgIpc) is 2.61. The lowest BCUT2D eigenvalue weighted by Crippen LogP contribution is -2.09. The highest BCUT2D eigenvalue weighted by Gasteiger charge is 1.97. The molecule has 3 N–H and O–H groups in total. The Labute approximate surface area is 121 Å². The number of hydrogen-bond acceptors (Lipinski definition) is 2. The summed E-state index contributed by atoms with van der Waals surface area (Å²) in [4.78, 5) is 0. The van der Waals surface area contributed by atoms with E-state index in [1.165, 1.54) is 0 Å². The zero-order chi connectivity index (χ0) is 14.8. The van der Waals surface area contributed by atoms with E-state index in [0.717, 1.165) is 29.1 Å². The Morgan fingerprint density at radius 2 is 2.05 bits per heavy atom. The average molecular weight is 266 g/mol. The molecule has 0 spiro atoms. The van der Waals surface area contributed by atoms with Crippen LogP contribution in [0.4, 0.5) is 0 Å². The molecule has 0 aromatic heterocycles. The smallest absolute Gasteiger partial charge is 0.0367 e. The first-order valence-electron chi connectivity index (χ1n) is 6.58. The van der Waals surface area contributed by atoms with Crippen LogP contribution in [0.2, 0.25) is 0 Å². The van der Waals surface area contributed by atoms with Gasteiger partial charge in [-0.1, -0.05) is 55.7 Å². The molecule has 0 amide bonds. The molecule has 0 unspecified atom stereocenters. The first kappa shape index (κ1) is 15.6. The van der Waals surface area contributed by atoms with Crippen LogP contribution in [0.1, 0.15) is 13.3 Å². The van der Waals surface area contributed by atoms with E-state index in [2.05, 4.69) is 24.6 Å². The standard InChI is InChI=1S/C18H22N2/c1-4-5-6-9-15(2)12-13-16(3)20-18-11-8-7-10-17(19)14-18/h4-7,9-14,20H,2-3,8,19H2,1H3/b5-4-,9-6-,13-12+. The highest BCUT2D eigenvalue weighted by atomic mass is 14.9. The second-order valence-electron chi connectivity index (χ2n) is 4.39. The molecule has 2 heteroatoms. The topological polar surface area (TPSA) is 38.0 Å². The van der Waals surface area contributed by atoms with Crippen molar-refractivity contribution in [2.75, 3.05) is 0 Å². The molecule has 0 saturated carbocycles. The molecule has 1 aliphatic rings. The molecule has 2 nitrogen and oxygen atoms in total. The van der Waals surface area contributed by atoms with E-state index >= 15 is 0 Å². The number of nitrogens with two attached hydrogens (primary N) is 1. The van der Waals surface area contributed by atoms with Crippen molar-refractivity contribution in [3.63, 3.8) is 0 Å². The van der Waals surface area contributed by atoms with Gasteiger partial charge in [-0.3, -0.25) is 0 Å². The van der Waals surface area contributed by atoms with E-state index in [-0.39, 0.29) is 0 Å². The highest BCUT2D eigenvalue weighted by molar-refractivity contribution is 5.37. The zero-order valence-electron chi connectivity index (χ0n) is 12.0. The van der Waals surface area contributed by atoms with Crippen molar-refractivity contribution >= 4 is 0 Å². The molecule has 0 aromatic rings. The highest BCUT2D eigenvalue weighted by Crippen LogP contribution is 2.08. The molecule has 20 heavy (non-hydrogen) atoms. The fraction of sp³-hybridized carbons (Fsp3) is 0.111. The van der Waals surface area contributed by atoms with E-state index in [1.807, 2.05) is 61.6 Å². The second kappa shape index (κ2) is 8.59. The lowest BCUT2D eigenvalue weighted by molar-refractivity contribution is 1.04. The Hall–Kier alpha value is -2.48. The summed E-state index contributed by atoms with van der Waals surface area (Å²) in [6.45, 7) is 9.88. The van der Waals surface area contributed by atoms with Crippen molar-refractivity contribution in [1.82, 2.24) is 5.32 Å². The minimum absolute atomic E-state index is 0.733. The van der Waals surface area contributed by atoms with Crippen molar-refractivity contribution in [3.8, 4) is 0 Å². The van der Waals surface area contributed by atoms with Crippen LogP contribution in [0.15, 0.2) is 96.6 Å². The Morgan fingerprint density at radius 1 is 1.25 bits per heavy atom. The molecular formula is C18H22N2. The van der Waals surface area contributed by atoms with Crippen molar-refractivity contribution < 1.29 is 0 Å². The van der Waals surface area contributed by atoms with Gasteiger partial charge in [0.15, 0.2) is 0 Å². The third-order valence-corrected chi connectivity index (χ3v) is 2.52. The van der Waals surface area contributed by atoms with E-state index < -0.39 is 0 Å². The molecule has 0 heterocycles. The second-order valence-corrected chi connectivity index (χ2v) is 4.39. The molecule has 0 atom stereocenters. The number of hydrogen-bond donors (Lipinski definition) is 2. The fourth-order valence-corrected chi connectivity index (χ4v) is 1.55. The minimum Gasteiger partial charge on any atom is -0.399 e. The largest absolute Gasteiger partial charge is 0.399 e. The van der Waals surface area contributed by atoms with Gasteiger partial charge in [0.1, 0.15) is 0 Å². The number of rotatable bonds is 6. The predicted molar refractivity (Wildman–Crippen MR) is 88.6 cm³/mol. The Bertz CT molecular complexity index is 538. The van der Waals surface area contributed by atoms with Gasteiger partial charge in [0, 0.05) is 17.1 Å². The number of allylic oxidation sites excluding steroid dienone is 11. The molecule has 0 aliphatic heterocycles. The van der Waals surface area contributed by atoms with E-state index in [1.54, 1.807) is 0 Å². The Kier molecular flexibility index (Phi) is 6.69. The minimum atomic E-state index is 0.733. The summed E-state index contributed by atoms with van der Waals surface area (Å²) < 4.78 is 0. The molecule has 0 saturated heterocycles. The van der Waals surface area contributed by atoms with Gasteiger partial charge < -0.3 is 11.1 Å². The lowest BCUT2D eigenvalue weighted by atomic mass is 10.2. The van der Waals surface area contributed by atoms with Crippen LogP contribution in [-0.4, -0.2) is 0 Å². The summed E-state index contributed by atoms with van der Waals surface area (Å²) in [5.74, 6) is 0. The van der Waals surface area contributed by atoms with E-state index in [0.29, 0.717) is 0 Å². The van der Waals surface area contributed by atoms with Crippen molar-refractivity contribution in [3.05, 3.63) is 96.6 Å². The van der Waals surface area contributed by atoms with Crippen LogP contribution in [0.3, 0.4) is 0 Å². The lowest BCUT2D eigenvalue weighted by Gasteiger charge is -2.06. The maximum atomic E-state index is 5.81. The summed E-state index contributed by atoms with van der Waals surface area (Å²) in [6.07, 6.45) is 20.4. The van der Waals surface area contributed by atoms with Crippen LogP contribution >= 0.6 is 0 Å². The van der Waals surface area contributed by atoms with Gasteiger partial charge in [-0.2, -0.15) is 0 Å². The molecule has 104 valence electrons. The van der Waals surface area contributed by atoms with Gasteiger partial charge in [-0.15, -0.1) is 0 Å². The van der Waals surface area contributed by atoms with Gasteiger partial charge in [0.25, 0.3) is 0 Å². The van der Waals surface area contributed by atoms with E-state index in [4.69, 9.17) is 5.73 Å². The SMILES string of the molecule is C=C(/C=C\C=C/C)/C=C/C(=C)NC1=CCC=CC(N)=C1. The van der Waals surface area contributed by atoms with Gasteiger partial charge in [-0.05, 0) is 37.1 Å². The Balaban J connectivity index is 2.53. The molecule has 1 aliphatic carbocycles. The van der Waals surface area contributed by atoms with Crippen molar-refractivity contribution in [2.24, 2.45) is 5.73 Å². The summed E-state index contributed by atoms with van der Waals surface area (Å²) in [5.41, 5.74) is 9.20. The van der Waals surface area contributed by atoms with E-state index in [9.17, 15) is 0 Å². The molecule has 1 rings (SSSR count). The van der Waals surface area contributed by atoms with Crippen LogP contribution in [0.5, 0.6) is 0 Å². The summed E-state index contributed by atoms with van der Waals surface area (Å²) in [7, 11) is 0. The van der Waals surface area contributed by atoms with Gasteiger partial charge in [0.2, 0.25) is 0 Å². The number of nitrogens with one attached hydrogen (secondary N) is 1. The van der Waals surface area contributed by atoms with Crippen molar-refractivity contribution in [2.45, 2.75) is 13.3 Å². The maximum Gasteiger partial charge on any atom is 0.0367 e. The molecule has 0 bridgehead atoms. The van der Waals surface area contributed by atoms with Crippen LogP contribution in [0.25, 0.3) is 0 Å². The maximum absolute atomic E-state index is 5.81. The normalized spacial score (nSPS) is 15.4. The van der Waals surface area contributed by atoms with Crippen LogP contribution in [-0.2, 0) is 0 Å². The zero-order valence-corrected chi connectivity index (χ0v) is 12.0. The van der Waals surface area contributed by atoms with Crippen LogP contribution in [0, 0.1) is 0 Å². The molecule has 0 aromatic carbocycles. The molecule has 0 fully saturated rings. The molecular weight excluding hydrogens is 244 g/mol. The molecule has 0 radical (unpaired) electrons. The Morgan fingerprint density at radius 3 is 2.80 bits per heavy atom. The third kappa shape index (κ3) is 6.45. The van der Waals surface area contributed by atoms with Crippen LogP contribution < -0.4 is 11.1 Å². The first-order valence-corrected chi connectivity index (χ1v) is 6.58. The predicted octanol–water partition coefficient (Wildman–Crippen LogP) is 4.02. The van der Waals surface area contributed by atoms with Gasteiger partial charge in [-0.25, -0.2) is 0 Å². The summed E-state index contributed by atoms with van der Waals surface area (Å²) in [5, 5.41) is 3.22. The quantitative estimate of drug-likeness (QED) is 0.713. The van der Waals surface area contributed by atoms with Crippen molar-refractivity contribution in [1.29, 1.82) is 0 Å². The summed E-state index contributed by atoms with van der Waals surface area (Å²) in [6, 6.07) is 0.